The summed E-state index contributed by atoms with van der Waals surface area (Å²) in [6.07, 6.45) is 3.96. The molecule has 0 radical (unpaired) electrons. The third kappa shape index (κ3) is 4.38. The number of hydrogen-bond acceptors (Lipinski definition) is 5. The van der Waals surface area contributed by atoms with Crippen LogP contribution in [0.2, 0.25) is 0 Å². The molecule has 0 saturated carbocycles. The third-order valence-electron chi connectivity index (χ3n) is 5.53. The minimum Gasteiger partial charge on any atom is -0.487 e. The summed E-state index contributed by atoms with van der Waals surface area (Å²) in [6, 6.07) is 18.1. The molecule has 0 atom stereocenters. The average Bonchev–Trinajstić information content (AvgIpc) is 3.24. The van der Waals surface area contributed by atoms with E-state index in [0.717, 1.165) is 16.9 Å². The number of para-hydroxylation sites is 1. The number of aromatic nitrogens is 4. The molecule has 0 aliphatic heterocycles. The molecule has 8 nitrogen and oxygen atoms in total. The normalized spacial score (nSPS) is 11.1. The number of ether oxygens (including phenoxy) is 1. The Kier molecular flexibility index (Phi) is 5.55. The zero-order chi connectivity index (χ0) is 23.7. The van der Waals surface area contributed by atoms with Gasteiger partial charge in [0.15, 0.2) is 0 Å². The van der Waals surface area contributed by atoms with Crippen molar-refractivity contribution in [2.24, 2.45) is 0 Å². The fraction of sp³-hybridized carbons (Fsp3) is 0.154. The monoisotopic (exact) mass is 453 g/mol. The number of amides is 1. The molecule has 3 heterocycles. The first kappa shape index (κ1) is 21.4. The van der Waals surface area contributed by atoms with Gasteiger partial charge in [0.2, 0.25) is 0 Å². The van der Waals surface area contributed by atoms with E-state index in [0.29, 0.717) is 34.6 Å². The number of imidazole rings is 1. The van der Waals surface area contributed by atoms with Crippen molar-refractivity contribution in [2.75, 3.05) is 7.05 Å². The van der Waals surface area contributed by atoms with Crippen LogP contribution in [0.15, 0.2) is 77.9 Å². The summed E-state index contributed by atoms with van der Waals surface area (Å²) in [5, 5.41) is 0.523. The Morgan fingerprint density at radius 2 is 1.82 bits per heavy atom. The number of H-pyrrole nitrogens is 1. The highest BCUT2D eigenvalue weighted by molar-refractivity contribution is 5.94. The predicted octanol–water partition coefficient (Wildman–Crippen LogP) is 3.73. The SMILES string of the molecule is Cc1ccc2nc(COc3ccc(C(=O)N(C)Cc4nc5ccccc5c(=O)[nH]4)cc3)cn2c1. The lowest BCUT2D eigenvalue weighted by Crippen LogP contribution is -2.28. The molecule has 34 heavy (non-hydrogen) atoms. The topological polar surface area (TPSA) is 92.6 Å². The van der Waals surface area contributed by atoms with Crippen LogP contribution in [0.5, 0.6) is 5.75 Å². The van der Waals surface area contributed by atoms with Gasteiger partial charge in [0.25, 0.3) is 11.5 Å². The van der Waals surface area contributed by atoms with Crippen molar-refractivity contribution in [3.63, 3.8) is 0 Å². The molecule has 0 saturated heterocycles. The van der Waals surface area contributed by atoms with Gasteiger partial charge in [-0.1, -0.05) is 18.2 Å². The highest BCUT2D eigenvalue weighted by Crippen LogP contribution is 2.16. The second-order valence-corrected chi connectivity index (χ2v) is 8.21. The van der Waals surface area contributed by atoms with Crippen LogP contribution in [0.4, 0.5) is 0 Å². The molecule has 0 bridgehead atoms. The van der Waals surface area contributed by atoms with E-state index in [1.165, 1.54) is 4.90 Å². The van der Waals surface area contributed by atoms with E-state index in [1.807, 2.05) is 41.9 Å². The van der Waals surface area contributed by atoms with Crippen LogP contribution in [-0.4, -0.2) is 37.2 Å². The van der Waals surface area contributed by atoms with Crippen LogP contribution < -0.4 is 10.3 Å². The number of carbonyl (C=O) groups excluding carboxylic acids is 1. The maximum atomic E-state index is 12.9. The molecule has 170 valence electrons. The van der Waals surface area contributed by atoms with Crippen LogP contribution in [0, 0.1) is 6.92 Å². The van der Waals surface area contributed by atoms with Crippen molar-refractivity contribution >= 4 is 22.5 Å². The van der Waals surface area contributed by atoms with Crippen molar-refractivity contribution < 1.29 is 9.53 Å². The first-order chi connectivity index (χ1) is 16.5. The fourth-order valence-corrected chi connectivity index (χ4v) is 3.80. The van der Waals surface area contributed by atoms with E-state index in [1.54, 1.807) is 49.5 Å². The van der Waals surface area contributed by atoms with Crippen molar-refractivity contribution in [3.05, 3.63) is 106 Å². The predicted molar refractivity (Wildman–Crippen MR) is 129 cm³/mol. The van der Waals surface area contributed by atoms with E-state index >= 15 is 0 Å². The van der Waals surface area contributed by atoms with E-state index in [4.69, 9.17) is 4.74 Å². The van der Waals surface area contributed by atoms with Crippen molar-refractivity contribution in [3.8, 4) is 5.75 Å². The molecule has 0 aliphatic rings. The number of fused-ring (bicyclic) bond motifs is 2. The Labute approximate surface area is 195 Å². The minimum atomic E-state index is -0.219. The lowest BCUT2D eigenvalue weighted by atomic mass is 10.2. The number of benzene rings is 2. The van der Waals surface area contributed by atoms with Gasteiger partial charge in [-0.15, -0.1) is 0 Å². The average molecular weight is 454 g/mol. The van der Waals surface area contributed by atoms with Gasteiger partial charge in [-0.3, -0.25) is 9.59 Å². The first-order valence-electron chi connectivity index (χ1n) is 10.9. The Hall–Kier alpha value is -4.46. The van der Waals surface area contributed by atoms with Gasteiger partial charge < -0.3 is 19.0 Å². The molecule has 1 amide bonds. The number of pyridine rings is 1. The van der Waals surface area contributed by atoms with Crippen LogP contribution in [0.1, 0.15) is 27.4 Å². The molecule has 0 unspecified atom stereocenters. The number of hydrogen-bond donors (Lipinski definition) is 1. The molecule has 3 aromatic heterocycles. The zero-order valence-electron chi connectivity index (χ0n) is 18.9. The number of rotatable bonds is 6. The largest absolute Gasteiger partial charge is 0.487 e. The smallest absolute Gasteiger partial charge is 0.258 e. The number of aromatic amines is 1. The summed E-state index contributed by atoms with van der Waals surface area (Å²) in [5.74, 6) is 0.896. The second kappa shape index (κ2) is 8.82. The molecule has 0 aliphatic carbocycles. The van der Waals surface area contributed by atoms with Gasteiger partial charge in [0.05, 0.1) is 23.1 Å². The second-order valence-electron chi connectivity index (χ2n) is 8.21. The zero-order valence-corrected chi connectivity index (χ0v) is 18.9. The van der Waals surface area contributed by atoms with Crippen molar-refractivity contribution in [1.29, 1.82) is 0 Å². The summed E-state index contributed by atoms with van der Waals surface area (Å²) in [7, 11) is 1.67. The maximum Gasteiger partial charge on any atom is 0.258 e. The minimum absolute atomic E-state index is 0.182. The molecule has 0 spiro atoms. The Bertz CT molecular complexity index is 1550. The maximum absolute atomic E-state index is 12.9. The summed E-state index contributed by atoms with van der Waals surface area (Å²) in [5.41, 5.74) is 3.75. The lowest BCUT2D eigenvalue weighted by Gasteiger charge is -2.17. The quantitative estimate of drug-likeness (QED) is 0.423. The summed E-state index contributed by atoms with van der Waals surface area (Å²) in [4.78, 5) is 38.4. The van der Waals surface area contributed by atoms with Crippen molar-refractivity contribution in [2.45, 2.75) is 20.1 Å². The molecule has 0 fully saturated rings. The standard InChI is InChI=1S/C26H23N5O3/c1-17-7-12-24-27-19(14-31(24)13-17)16-34-20-10-8-18(9-11-20)26(33)30(2)15-23-28-22-6-4-3-5-21(22)25(32)29-23/h3-14H,15-16H2,1-2H3,(H,28,29,32). The Morgan fingerprint density at radius 1 is 1.03 bits per heavy atom. The fourth-order valence-electron chi connectivity index (χ4n) is 3.80. The van der Waals surface area contributed by atoms with Gasteiger partial charge in [0.1, 0.15) is 23.8 Å². The first-order valence-corrected chi connectivity index (χ1v) is 10.9. The highest BCUT2D eigenvalue weighted by Gasteiger charge is 2.14. The summed E-state index contributed by atoms with van der Waals surface area (Å²) in [6.45, 7) is 2.55. The molecular weight excluding hydrogens is 430 g/mol. The van der Waals surface area contributed by atoms with Crippen LogP contribution in [-0.2, 0) is 13.2 Å². The molecule has 5 aromatic rings. The molecule has 2 aromatic carbocycles. The van der Waals surface area contributed by atoms with E-state index in [-0.39, 0.29) is 18.0 Å². The number of aryl methyl sites for hydroxylation is 1. The third-order valence-corrected chi connectivity index (χ3v) is 5.53. The Morgan fingerprint density at radius 3 is 2.65 bits per heavy atom. The molecular formula is C26H23N5O3. The lowest BCUT2D eigenvalue weighted by molar-refractivity contribution is 0.0781. The van der Waals surface area contributed by atoms with Gasteiger partial charge in [-0.25, -0.2) is 9.97 Å². The van der Waals surface area contributed by atoms with Crippen LogP contribution >= 0.6 is 0 Å². The van der Waals surface area contributed by atoms with E-state index in [2.05, 4.69) is 15.0 Å². The Balaban J connectivity index is 1.23. The summed E-state index contributed by atoms with van der Waals surface area (Å²) < 4.78 is 7.82. The van der Waals surface area contributed by atoms with E-state index < -0.39 is 0 Å². The van der Waals surface area contributed by atoms with E-state index in [9.17, 15) is 9.59 Å². The molecule has 1 N–H and O–H groups in total. The van der Waals surface area contributed by atoms with Gasteiger partial charge >= 0.3 is 0 Å². The van der Waals surface area contributed by atoms with Crippen LogP contribution in [0.25, 0.3) is 16.6 Å². The highest BCUT2D eigenvalue weighted by atomic mass is 16.5. The number of carbonyl (C=O) groups is 1. The van der Waals surface area contributed by atoms with Crippen LogP contribution in [0.3, 0.4) is 0 Å². The number of nitrogens with one attached hydrogen (secondary N) is 1. The van der Waals surface area contributed by atoms with Crippen molar-refractivity contribution in [1.82, 2.24) is 24.3 Å². The van der Waals surface area contributed by atoms with Gasteiger partial charge in [-0.2, -0.15) is 0 Å². The molecule has 5 rings (SSSR count). The van der Waals surface area contributed by atoms with Gasteiger partial charge in [-0.05, 0) is 55.0 Å². The van der Waals surface area contributed by atoms with Gasteiger partial charge in [0, 0.05) is 25.0 Å². The summed E-state index contributed by atoms with van der Waals surface area (Å²) >= 11 is 0. The molecule has 8 heteroatoms. The number of nitrogens with zero attached hydrogens (tertiary/aromatic N) is 4.